The fourth-order valence-electron chi connectivity index (χ4n) is 0.684. The maximum Gasteiger partial charge on any atom is 0.244 e. The summed E-state index contributed by atoms with van der Waals surface area (Å²) >= 11 is 0. The molecule has 0 bridgehead atoms. The van der Waals surface area contributed by atoms with Crippen molar-refractivity contribution in [3.63, 3.8) is 0 Å². The second-order valence-electron chi connectivity index (χ2n) is 2.63. The van der Waals surface area contributed by atoms with Crippen molar-refractivity contribution in [3.05, 3.63) is 12.2 Å². The Hall–Kier alpha value is -1.32. The average molecular weight is 184 g/mol. The first-order chi connectivity index (χ1) is 6.11. The fourth-order valence-corrected chi connectivity index (χ4v) is 0.684. The van der Waals surface area contributed by atoms with E-state index in [0.29, 0.717) is 6.54 Å². The molecule has 0 radical (unpaired) electrons. The quantitative estimate of drug-likeness (QED) is 0.633. The van der Waals surface area contributed by atoms with E-state index in [0.717, 1.165) is 0 Å². The van der Waals surface area contributed by atoms with Crippen LogP contribution in [0.15, 0.2) is 12.2 Å². The minimum absolute atomic E-state index is 0.0630. The van der Waals surface area contributed by atoms with Crippen molar-refractivity contribution < 1.29 is 9.59 Å². The molecule has 0 aliphatic heterocycles. The van der Waals surface area contributed by atoms with Crippen LogP contribution in [0.3, 0.4) is 0 Å². The van der Waals surface area contributed by atoms with Crippen LogP contribution in [0.1, 0.15) is 13.8 Å². The van der Waals surface area contributed by atoms with Gasteiger partial charge in [-0.25, -0.2) is 0 Å². The van der Waals surface area contributed by atoms with Gasteiger partial charge in [0.05, 0.1) is 6.54 Å². The van der Waals surface area contributed by atoms with Gasteiger partial charge in [-0.2, -0.15) is 0 Å². The van der Waals surface area contributed by atoms with Crippen LogP contribution in [0.25, 0.3) is 0 Å². The number of likely N-dealkylation sites (N-methyl/N-ethyl adjacent to an activating group) is 1. The van der Waals surface area contributed by atoms with E-state index < -0.39 is 0 Å². The SMILES string of the molecule is C/C=C/C(=O)NCC(=O)N(C)CC. The van der Waals surface area contributed by atoms with Gasteiger partial charge in [0, 0.05) is 13.6 Å². The third kappa shape index (κ3) is 5.00. The second kappa shape index (κ2) is 6.22. The van der Waals surface area contributed by atoms with E-state index in [4.69, 9.17) is 0 Å². The van der Waals surface area contributed by atoms with Crippen molar-refractivity contribution in [2.75, 3.05) is 20.1 Å². The van der Waals surface area contributed by atoms with Gasteiger partial charge in [0.2, 0.25) is 11.8 Å². The van der Waals surface area contributed by atoms with Gasteiger partial charge in [-0.05, 0) is 19.9 Å². The molecule has 0 fully saturated rings. The first-order valence-electron chi connectivity index (χ1n) is 4.26. The van der Waals surface area contributed by atoms with Crippen molar-refractivity contribution in [2.24, 2.45) is 0 Å². The summed E-state index contributed by atoms with van der Waals surface area (Å²) in [4.78, 5) is 23.6. The van der Waals surface area contributed by atoms with Crippen molar-refractivity contribution in [3.8, 4) is 0 Å². The highest BCUT2D eigenvalue weighted by molar-refractivity contribution is 5.91. The number of hydrogen-bond donors (Lipinski definition) is 1. The third-order valence-corrected chi connectivity index (χ3v) is 1.63. The lowest BCUT2D eigenvalue weighted by Crippen LogP contribution is -2.37. The Morgan fingerprint density at radius 2 is 2.08 bits per heavy atom. The van der Waals surface area contributed by atoms with Gasteiger partial charge < -0.3 is 10.2 Å². The molecule has 0 aromatic heterocycles. The lowest BCUT2D eigenvalue weighted by Gasteiger charge is -2.13. The highest BCUT2D eigenvalue weighted by Crippen LogP contribution is 1.82. The molecule has 1 N–H and O–H groups in total. The average Bonchev–Trinajstić information content (AvgIpc) is 2.13. The minimum atomic E-state index is -0.236. The minimum Gasteiger partial charge on any atom is -0.345 e. The smallest absolute Gasteiger partial charge is 0.244 e. The lowest BCUT2D eigenvalue weighted by molar-refractivity contribution is -0.130. The molecule has 0 heterocycles. The molecule has 0 unspecified atom stereocenters. The number of carbonyl (C=O) groups is 2. The molecule has 74 valence electrons. The van der Waals surface area contributed by atoms with Gasteiger partial charge in [-0.1, -0.05) is 6.08 Å². The van der Waals surface area contributed by atoms with Crippen LogP contribution >= 0.6 is 0 Å². The molecule has 13 heavy (non-hydrogen) atoms. The number of amides is 2. The maximum atomic E-state index is 11.2. The molecule has 4 nitrogen and oxygen atoms in total. The summed E-state index contributed by atoms with van der Waals surface area (Å²) in [6, 6.07) is 0. The van der Waals surface area contributed by atoms with E-state index >= 15 is 0 Å². The molecule has 0 saturated carbocycles. The molecule has 4 heteroatoms. The Labute approximate surface area is 78.6 Å². The summed E-state index contributed by atoms with van der Waals surface area (Å²) in [5.41, 5.74) is 0. The number of nitrogens with one attached hydrogen (secondary N) is 1. The monoisotopic (exact) mass is 184 g/mol. The van der Waals surface area contributed by atoms with Crippen LogP contribution in [0, 0.1) is 0 Å². The predicted octanol–water partition coefficient (Wildman–Crippen LogP) is 0.157. The zero-order valence-corrected chi connectivity index (χ0v) is 8.33. The topological polar surface area (TPSA) is 49.4 Å². The van der Waals surface area contributed by atoms with Crippen LogP contribution in [0.2, 0.25) is 0 Å². The molecular formula is C9H16N2O2. The van der Waals surface area contributed by atoms with E-state index in [1.54, 1.807) is 24.9 Å². The highest BCUT2D eigenvalue weighted by Gasteiger charge is 2.06. The molecule has 0 atom stereocenters. The molecule has 0 rings (SSSR count). The van der Waals surface area contributed by atoms with Crippen molar-refractivity contribution in [1.29, 1.82) is 0 Å². The van der Waals surface area contributed by atoms with Gasteiger partial charge in [-0.15, -0.1) is 0 Å². The van der Waals surface area contributed by atoms with Crippen LogP contribution in [0.5, 0.6) is 0 Å². The summed E-state index contributed by atoms with van der Waals surface area (Å²) in [6.45, 7) is 4.34. The van der Waals surface area contributed by atoms with E-state index in [2.05, 4.69) is 5.32 Å². The zero-order valence-electron chi connectivity index (χ0n) is 8.33. The molecule has 0 aliphatic rings. The first-order valence-corrected chi connectivity index (χ1v) is 4.26. The number of hydrogen-bond acceptors (Lipinski definition) is 2. The van der Waals surface area contributed by atoms with Crippen LogP contribution < -0.4 is 5.32 Å². The molecule has 0 aromatic rings. The van der Waals surface area contributed by atoms with E-state index in [1.807, 2.05) is 6.92 Å². The number of nitrogens with zero attached hydrogens (tertiary/aromatic N) is 1. The Morgan fingerprint density at radius 1 is 1.46 bits per heavy atom. The standard InChI is InChI=1S/C9H16N2O2/c1-4-6-8(12)10-7-9(13)11(3)5-2/h4,6H,5,7H2,1-3H3,(H,10,12)/b6-4+. The summed E-state index contributed by atoms with van der Waals surface area (Å²) < 4.78 is 0. The molecule has 0 spiro atoms. The van der Waals surface area contributed by atoms with E-state index in [1.165, 1.54) is 6.08 Å². The summed E-state index contributed by atoms with van der Waals surface area (Å²) in [6.07, 6.45) is 3.02. The normalized spacial score (nSPS) is 10.1. The lowest BCUT2D eigenvalue weighted by atomic mass is 10.4. The second-order valence-corrected chi connectivity index (χ2v) is 2.63. The number of carbonyl (C=O) groups excluding carboxylic acids is 2. The molecule has 0 aliphatic carbocycles. The van der Waals surface area contributed by atoms with E-state index in [9.17, 15) is 9.59 Å². The zero-order chi connectivity index (χ0) is 10.3. The van der Waals surface area contributed by atoms with Crippen molar-refractivity contribution in [1.82, 2.24) is 10.2 Å². The predicted molar refractivity (Wildman–Crippen MR) is 51.1 cm³/mol. The number of rotatable bonds is 4. The Bertz CT molecular complexity index is 212. The first kappa shape index (κ1) is 11.7. The van der Waals surface area contributed by atoms with E-state index in [-0.39, 0.29) is 18.4 Å². The van der Waals surface area contributed by atoms with Crippen LogP contribution in [-0.2, 0) is 9.59 Å². The summed E-state index contributed by atoms with van der Waals surface area (Å²) in [7, 11) is 1.70. The van der Waals surface area contributed by atoms with Gasteiger partial charge in [-0.3, -0.25) is 9.59 Å². The van der Waals surface area contributed by atoms with Gasteiger partial charge in [0.1, 0.15) is 0 Å². The molecular weight excluding hydrogens is 168 g/mol. The number of allylic oxidation sites excluding steroid dienone is 1. The molecule has 0 aromatic carbocycles. The summed E-state index contributed by atoms with van der Waals surface area (Å²) in [5, 5.41) is 2.48. The van der Waals surface area contributed by atoms with Crippen molar-refractivity contribution >= 4 is 11.8 Å². The Balaban J connectivity index is 3.76. The highest BCUT2D eigenvalue weighted by atomic mass is 16.2. The van der Waals surface area contributed by atoms with Crippen LogP contribution in [0.4, 0.5) is 0 Å². The largest absolute Gasteiger partial charge is 0.345 e. The van der Waals surface area contributed by atoms with Gasteiger partial charge >= 0.3 is 0 Å². The third-order valence-electron chi connectivity index (χ3n) is 1.63. The maximum absolute atomic E-state index is 11.2. The molecule has 0 saturated heterocycles. The van der Waals surface area contributed by atoms with Crippen LogP contribution in [-0.4, -0.2) is 36.9 Å². The van der Waals surface area contributed by atoms with Gasteiger partial charge in [0.15, 0.2) is 0 Å². The molecule has 2 amide bonds. The van der Waals surface area contributed by atoms with Crippen molar-refractivity contribution in [2.45, 2.75) is 13.8 Å². The van der Waals surface area contributed by atoms with Gasteiger partial charge in [0.25, 0.3) is 0 Å². The summed E-state index contributed by atoms with van der Waals surface area (Å²) in [5.74, 6) is -0.319. The Morgan fingerprint density at radius 3 is 2.54 bits per heavy atom. The Kier molecular flexibility index (Phi) is 5.59. The fraction of sp³-hybridized carbons (Fsp3) is 0.556.